The van der Waals surface area contributed by atoms with Crippen LogP contribution in [0.2, 0.25) is 0 Å². The second-order valence-corrected chi connectivity index (χ2v) is 6.48. The summed E-state index contributed by atoms with van der Waals surface area (Å²) in [6, 6.07) is 0.790. The maximum Gasteiger partial charge on any atom is 0.331 e. The van der Waals surface area contributed by atoms with Crippen molar-refractivity contribution in [2.75, 3.05) is 6.61 Å². The molecule has 8 atom stereocenters. The predicted octanol–water partition coefficient (Wildman–Crippen LogP) is -5.67. The lowest BCUT2D eigenvalue weighted by Gasteiger charge is -2.35. The number of carbonyl (C=O) groups is 1. The van der Waals surface area contributed by atoms with Gasteiger partial charge in [-0.25, -0.2) is 4.79 Å². The van der Waals surface area contributed by atoms with Crippen LogP contribution in [0.4, 0.5) is 0 Å². The average molecular weight is 406 g/mol. The number of Topliss-reactive ketones (excluding diaryl/α,β-unsaturated/α-hetero) is 1. The number of nitrogens with one attached hydrogen (secondary N) is 1. The van der Waals surface area contributed by atoms with Gasteiger partial charge < -0.3 is 40.5 Å². The molecule has 1 fully saturated rings. The van der Waals surface area contributed by atoms with E-state index in [0.717, 1.165) is 19.2 Å². The maximum absolute atomic E-state index is 13.0. The molecule has 1 aliphatic rings. The lowest BCUT2D eigenvalue weighted by atomic mass is 9.90. The van der Waals surface area contributed by atoms with E-state index >= 15 is 0 Å². The zero-order valence-corrected chi connectivity index (χ0v) is 14.6. The largest absolute Gasteiger partial charge is 0.394 e. The summed E-state index contributed by atoms with van der Waals surface area (Å²) in [6.07, 6.45) is -13.2. The normalized spacial score (nSPS) is 31.9. The van der Waals surface area contributed by atoms with Crippen LogP contribution in [0.5, 0.6) is 0 Å². The first-order valence-electron chi connectivity index (χ1n) is 8.22. The Kier molecular flexibility index (Phi) is 6.52. The monoisotopic (exact) mass is 406 g/mol. The zero-order valence-electron chi connectivity index (χ0n) is 14.6. The van der Waals surface area contributed by atoms with E-state index in [9.17, 15) is 50.1 Å². The van der Waals surface area contributed by atoms with E-state index in [1.54, 1.807) is 4.98 Å². The molecule has 0 spiro atoms. The smallest absolute Gasteiger partial charge is 0.331 e. The Morgan fingerprint density at radius 1 is 1.25 bits per heavy atom. The quantitative estimate of drug-likeness (QED) is 0.213. The molecule has 13 nitrogen and oxygen atoms in total. The van der Waals surface area contributed by atoms with Gasteiger partial charge in [-0.2, -0.15) is 0 Å². The Bertz CT molecular complexity index is 821. The highest BCUT2D eigenvalue weighted by Gasteiger charge is 2.62. The SMILES string of the molecule is C[C@H](O)[C@H](O)[C@@H](O)[C@@H](O)C(=O)[C@@]1(n2ccc(=O)[nH]c2=O)O[C@H](CO)[C@@H](O)[C@H]1O. The Labute approximate surface area is 156 Å². The second kappa shape index (κ2) is 8.18. The third kappa shape index (κ3) is 3.54. The molecular weight excluding hydrogens is 384 g/mol. The van der Waals surface area contributed by atoms with E-state index in [1.807, 2.05) is 0 Å². The van der Waals surface area contributed by atoms with Gasteiger partial charge in [0.15, 0.2) is 0 Å². The number of hydrogen-bond acceptors (Lipinski definition) is 11. The van der Waals surface area contributed by atoms with E-state index in [-0.39, 0.29) is 0 Å². The molecule has 0 unspecified atom stereocenters. The predicted molar refractivity (Wildman–Crippen MR) is 88.0 cm³/mol. The Hall–Kier alpha value is -1.97. The number of nitrogens with zero attached hydrogens (tertiary/aromatic N) is 1. The minimum atomic E-state index is -2.85. The van der Waals surface area contributed by atoms with Gasteiger partial charge in [-0.15, -0.1) is 0 Å². The van der Waals surface area contributed by atoms with Crippen molar-refractivity contribution in [1.82, 2.24) is 9.55 Å². The number of aliphatic hydroxyl groups excluding tert-OH is 7. The zero-order chi connectivity index (χ0) is 21.4. The van der Waals surface area contributed by atoms with Crippen molar-refractivity contribution in [2.45, 2.75) is 55.4 Å². The van der Waals surface area contributed by atoms with Crippen LogP contribution in [0, 0.1) is 0 Å². The number of ether oxygens (including phenoxy) is 1. The minimum absolute atomic E-state index is 0.380. The molecule has 2 heterocycles. The molecule has 1 saturated heterocycles. The van der Waals surface area contributed by atoms with Gasteiger partial charge in [-0.1, -0.05) is 0 Å². The maximum atomic E-state index is 13.0. The second-order valence-electron chi connectivity index (χ2n) is 6.48. The van der Waals surface area contributed by atoms with Gasteiger partial charge in [0, 0.05) is 12.3 Å². The Morgan fingerprint density at radius 3 is 2.32 bits per heavy atom. The van der Waals surface area contributed by atoms with Gasteiger partial charge >= 0.3 is 5.69 Å². The van der Waals surface area contributed by atoms with Gasteiger partial charge in [0.2, 0.25) is 11.5 Å². The van der Waals surface area contributed by atoms with Crippen LogP contribution < -0.4 is 11.2 Å². The molecule has 1 aliphatic heterocycles. The third-order valence-electron chi connectivity index (χ3n) is 4.59. The fourth-order valence-corrected chi connectivity index (χ4v) is 2.99. The van der Waals surface area contributed by atoms with Crippen molar-refractivity contribution in [1.29, 1.82) is 0 Å². The number of H-pyrrole nitrogens is 1. The third-order valence-corrected chi connectivity index (χ3v) is 4.59. The molecule has 13 heteroatoms. The number of hydrogen-bond donors (Lipinski definition) is 8. The molecule has 0 saturated carbocycles. The molecule has 28 heavy (non-hydrogen) atoms. The minimum Gasteiger partial charge on any atom is -0.394 e. The number of aromatic amines is 1. The highest BCUT2D eigenvalue weighted by Crippen LogP contribution is 2.37. The fourth-order valence-electron chi connectivity index (χ4n) is 2.99. The van der Waals surface area contributed by atoms with Crippen molar-refractivity contribution >= 4 is 5.78 Å². The van der Waals surface area contributed by atoms with E-state index in [2.05, 4.69) is 0 Å². The molecule has 0 radical (unpaired) electrons. The Balaban J connectivity index is 2.61. The Morgan fingerprint density at radius 2 is 1.86 bits per heavy atom. The van der Waals surface area contributed by atoms with Gasteiger partial charge in [-0.05, 0) is 6.92 Å². The van der Waals surface area contributed by atoms with Crippen LogP contribution >= 0.6 is 0 Å². The van der Waals surface area contributed by atoms with Crippen LogP contribution in [0.3, 0.4) is 0 Å². The average Bonchev–Trinajstić information content (AvgIpc) is 2.91. The molecule has 0 bridgehead atoms. The van der Waals surface area contributed by atoms with Crippen LogP contribution in [0.25, 0.3) is 0 Å². The van der Waals surface area contributed by atoms with Crippen molar-refractivity contribution in [2.24, 2.45) is 0 Å². The van der Waals surface area contributed by atoms with E-state index in [0.29, 0.717) is 4.57 Å². The summed E-state index contributed by atoms with van der Waals surface area (Å²) >= 11 is 0. The summed E-state index contributed by atoms with van der Waals surface area (Å²) in [4.78, 5) is 38.3. The summed E-state index contributed by atoms with van der Waals surface area (Å²) in [5.74, 6) is -1.57. The number of carbonyl (C=O) groups excluding carboxylic acids is 1. The molecule has 2 rings (SSSR count). The van der Waals surface area contributed by atoms with Crippen molar-refractivity contribution in [3.63, 3.8) is 0 Å². The van der Waals surface area contributed by atoms with Crippen LogP contribution in [0.1, 0.15) is 6.92 Å². The molecule has 0 aromatic carbocycles. The van der Waals surface area contributed by atoms with E-state index in [1.165, 1.54) is 0 Å². The number of aliphatic hydroxyl groups is 7. The molecule has 1 aromatic heterocycles. The molecule has 0 amide bonds. The van der Waals surface area contributed by atoms with Gasteiger partial charge in [0.25, 0.3) is 5.56 Å². The number of ketones is 1. The highest BCUT2D eigenvalue weighted by molar-refractivity contribution is 5.90. The number of rotatable bonds is 7. The lowest BCUT2D eigenvalue weighted by Crippen LogP contribution is -2.62. The molecular formula is C15H22N2O11. The fraction of sp³-hybridized carbons (Fsp3) is 0.667. The highest BCUT2D eigenvalue weighted by atomic mass is 16.6. The lowest BCUT2D eigenvalue weighted by molar-refractivity contribution is -0.193. The molecule has 158 valence electrons. The van der Waals surface area contributed by atoms with Gasteiger partial charge in [-0.3, -0.25) is 19.1 Å². The summed E-state index contributed by atoms with van der Waals surface area (Å²) in [5.41, 5.74) is -4.98. The van der Waals surface area contributed by atoms with E-state index < -0.39 is 72.1 Å². The topological polar surface area (TPSA) is 223 Å². The summed E-state index contributed by atoms with van der Waals surface area (Å²) in [5, 5.41) is 69.0. The first kappa shape index (κ1) is 22.3. The van der Waals surface area contributed by atoms with Crippen LogP contribution in [0.15, 0.2) is 21.9 Å². The number of aromatic nitrogens is 2. The van der Waals surface area contributed by atoms with Crippen molar-refractivity contribution < 1.29 is 45.3 Å². The van der Waals surface area contributed by atoms with Gasteiger partial charge in [0.1, 0.15) is 36.6 Å². The summed E-state index contributed by atoms with van der Waals surface area (Å²) in [6.45, 7) is 0.181. The van der Waals surface area contributed by atoms with E-state index in [4.69, 9.17) is 4.74 Å². The standard InChI is InChI=1S/C15H22N2O11/c1-5(19)8(21)10(23)11(24)13(26)15(12(25)9(22)6(4-18)28-15)17-3-2-7(20)16-14(17)27/h2-3,5-6,8-12,18-19,21-25H,4H2,1H3,(H,16,20,27)/t5-,6+,8-,9+,10+,11+,12+,15-/m0/s1. The van der Waals surface area contributed by atoms with Gasteiger partial charge in [0.05, 0.1) is 12.7 Å². The summed E-state index contributed by atoms with van der Waals surface area (Å²) in [7, 11) is 0. The van der Waals surface area contributed by atoms with Crippen LogP contribution in [-0.4, -0.2) is 100 Å². The first-order valence-corrected chi connectivity index (χ1v) is 8.22. The molecule has 8 N–H and O–H groups in total. The van der Waals surface area contributed by atoms with Crippen LogP contribution in [-0.2, 0) is 15.3 Å². The summed E-state index contributed by atoms with van der Waals surface area (Å²) < 4.78 is 5.61. The molecule has 0 aliphatic carbocycles. The first-order chi connectivity index (χ1) is 13.0. The molecule has 1 aromatic rings. The van der Waals surface area contributed by atoms with Crippen molar-refractivity contribution in [3.8, 4) is 0 Å². The van der Waals surface area contributed by atoms with Crippen molar-refractivity contribution in [3.05, 3.63) is 33.1 Å².